The summed E-state index contributed by atoms with van der Waals surface area (Å²) in [5.74, 6) is 0. The molecule has 0 amide bonds. The molecule has 0 aromatic carbocycles. The summed E-state index contributed by atoms with van der Waals surface area (Å²) in [7, 11) is 1.87. The zero-order valence-corrected chi connectivity index (χ0v) is 11.1. The normalized spacial score (nSPS) is 10.6. The summed E-state index contributed by atoms with van der Waals surface area (Å²) in [6, 6.07) is 0. The number of unbranched alkanes of at least 4 members (excludes halogenated alkanes) is 6. The van der Waals surface area contributed by atoms with Crippen LogP contribution in [0.25, 0.3) is 0 Å². The lowest BCUT2D eigenvalue weighted by Crippen LogP contribution is -2.15. The fraction of sp³-hybridized carbons (Fsp3) is 1.00. The molecule has 1 nitrogen and oxygen atoms in total. The van der Waals surface area contributed by atoms with E-state index in [1.807, 2.05) is 7.11 Å². The molecule has 0 aliphatic carbocycles. The third kappa shape index (κ3) is 10.3. The molecule has 0 saturated carbocycles. The molecule has 0 saturated heterocycles. The fourth-order valence-corrected chi connectivity index (χ4v) is 1.98. The SMILES string of the molecule is CCCCCCB(CCCCCC)OC. The van der Waals surface area contributed by atoms with Gasteiger partial charge < -0.3 is 4.65 Å². The first kappa shape index (κ1) is 15.0. The predicted octanol–water partition coefficient (Wildman–Crippen LogP) is 4.78. The predicted molar refractivity (Wildman–Crippen MR) is 70.7 cm³/mol. The summed E-state index contributed by atoms with van der Waals surface area (Å²) >= 11 is 0. The van der Waals surface area contributed by atoms with Gasteiger partial charge in [-0.2, -0.15) is 0 Å². The van der Waals surface area contributed by atoms with Crippen LogP contribution in [0.4, 0.5) is 0 Å². The van der Waals surface area contributed by atoms with Crippen molar-refractivity contribution in [3.63, 3.8) is 0 Å². The summed E-state index contributed by atoms with van der Waals surface area (Å²) in [5.41, 5.74) is 0. The van der Waals surface area contributed by atoms with Crippen molar-refractivity contribution in [2.24, 2.45) is 0 Å². The molecule has 0 atom stereocenters. The Labute approximate surface area is 97.1 Å². The van der Waals surface area contributed by atoms with Crippen LogP contribution in [0.15, 0.2) is 0 Å². The van der Waals surface area contributed by atoms with Gasteiger partial charge in [-0.1, -0.05) is 65.2 Å². The van der Waals surface area contributed by atoms with E-state index in [4.69, 9.17) is 4.65 Å². The highest BCUT2D eigenvalue weighted by Gasteiger charge is 2.12. The van der Waals surface area contributed by atoms with E-state index in [2.05, 4.69) is 13.8 Å². The van der Waals surface area contributed by atoms with Crippen LogP contribution in [0.1, 0.15) is 65.2 Å². The van der Waals surface area contributed by atoms with Crippen LogP contribution in [-0.4, -0.2) is 14.0 Å². The Bertz CT molecular complexity index is 105. The minimum Gasteiger partial charge on any atom is -0.439 e. The quantitative estimate of drug-likeness (QED) is 0.353. The Morgan fingerprint density at radius 2 is 1.20 bits per heavy atom. The van der Waals surface area contributed by atoms with Crippen LogP contribution < -0.4 is 0 Å². The van der Waals surface area contributed by atoms with Gasteiger partial charge in [-0.25, -0.2) is 0 Å². The van der Waals surface area contributed by atoms with Gasteiger partial charge in [0.2, 0.25) is 0 Å². The van der Waals surface area contributed by atoms with Crippen LogP contribution in [0.3, 0.4) is 0 Å². The minimum absolute atomic E-state index is 0.527. The summed E-state index contributed by atoms with van der Waals surface area (Å²) in [5, 5.41) is 0. The van der Waals surface area contributed by atoms with E-state index in [9.17, 15) is 0 Å². The minimum atomic E-state index is 0.527. The monoisotopic (exact) mass is 212 g/mol. The van der Waals surface area contributed by atoms with E-state index in [0.29, 0.717) is 6.92 Å². The lowest BCUT2D eigenvalue weighted by atomic mass is 9.59. The van der Waals surface area contributed by atoms with Gasteiger partial charge in [-0.3, -0.25) is 0 Å². The molecule has 0 N–H and O–H groups in total. The molecule has 0 rings (SSSR count). The molecule has 0 fully saturated rings. The van der Waals surface area contributed by atoms with E-state index in [1.165, 1.54) is 64.0 Å². The number of hydrogen-bond donors (Lipinski definition) is 0. The third-order valence-corrected chi connectivity index (χ3v) is 3.09. The van der Waals surface area contributed by atoms with E-state index in [-0.39, 0.29) is 0 Å². The molecule has 0 unspecified atom stereocenters. The van der Waals surface area contributed by atoms with Crippen molar-refractivity contribution < 1.29 is 4.65 Å². The lowest BCUT2D eigenvalue weighted by Gasteiger charge is -2.10. The van der Waals surface area contributed by atoms with Gasteiger partial charge >= 0.3 is 0 Å². The van der Waals surface area contributed by atoms with Crippen molar-refractivity contribution >= 4 is 6.92 Å². The summed E-state index contributed by atoms with van der Waals surface area (Å²) in [6.07, 6.45) is 13.4. The summed E-state index contributed by atoms with van der Waals surface area (Å²) < 4.78 is 5.51. The van der Waals surface area contributed by atoms with Crippen molar-refractivity contribution in [2.45, 2.75) is 77.9 Å². The van der Waals surface area contributed by atoms with Gasteiger partial charge in [0.05, 0.1) is 0 Å². The maximum atomic E-state index is 5.51. The molecule has 0 radical (unpaired) electrons. The van der Waals surface area contributed by atoms with Crippen molar-refractivity contribution in [3.05, 3.63) is 0 Å². The van der Waals surface area contributed by atoms with Crippen molar-refractivity contribution in [1.29, 1.82) is 0 Å². The Hall–Kier alpha value is 0.0249. The molecule has 90 valence electrons. The Balaban J connectivity index is 3.29. The average molecular weight is 212 g/mol. The first-order chi connectivity index (χ1) is 7.35. The standard InChI is InChI=1S/C13H29BO/c1-4-6-8-10-12-14(15-3)13-11-9-7-5-2/h4-13H2,1-3H3. The van der Waals surface area contributed by atoms with Gasteiger partial charge in [0, 0.05) is 7.11 Å². The summed E-state index contributed by atoms with van der Waals surface area (Å²) in [4.78, 5) is 0. The molecule has 0 bridgehead atoms. The largest absolute Gasteiger partial charge is 0.439 e. The lowest BCUT2D eigenvalue weighted by molar-refractivity contribution is 0.412. The van der Waals surface area contributed by atoms with E-state index in [0.717, 1.165) is 0 Å². The zero-order valence-electron chi connectivity index (χ0n) is 11.1. The van der Waals surface area contributed by atoms with Crippen molar-refractivity contribution in [1.82, 2.24) is 0 Å². The number of hydrogen-bond acceptors (Lipinski definition) is 1. The van der Waals surface area contributed by atoms with Crippen LogP contribution >= 0.6 is 0 Å². The van der Waals surface area contributed by atoms with Crippen molar-refractivity contribution in [2.75, 3.05) is 7.11 Å². The van der Waals surface area contributed by atoms with E-state index < -0.39 is 0 Å². The first-order valence-electron chi connectivity index (χ1n) is 6.87. The van der Waals surface area contributed by atoms with Crippen LogP contribution in [-0.2, 0) is 4.65 Å². The Kier molecular flexibility index (Phi) is 12.1. The topological polar surface area (TPSA) is 9.23 Å². The van der Waals surface area contributed by atoms with Gasteiger partial charge in [-0.05, 0) is 12.6 Å². The van der Waals surface area contributed by atoms with Crippen molar-refractivity contribution in [3.8, 4) is 0 Å². The van der Waals surface area contributed by atoms with Gasteiger partial charge in [-0.15, -0.1) is 0 Å². The van der Waals surface area contributed by atoms with E-state index >= 15 is 0 Å². The maximum Gasteiger partial charge on any atom is 0.292 e. The molecule has 0 aliphatic heterocycles. The molecule has 0 aromatic rings. The zero-order chi connectivity index (χ0) is 11.4. The second kappa shape index (κ2) is 12.1. The second-order valence-corrected chi connectivity index (χ2v) is 4.56. The molecule has 15 heavy (non-hydrogen) atoms. The molecular formula is C13H29BO. The Morgan fingerprint density at radius 1 is 0.733 bits per heavy atom. The second-order valence-electron chi connectivity index (χ2n) is 4.56. The number of rotatable bonds is 11. The van der Waals surface area contributed by atoms with E-state index in [1.54, 1.807) is 0 Å². The molecule has 0 heterocycles. The maximum absolute atomic E-state index is 5.51. The van der Waals surface area contributed by atoms with Crippen LogP contribution in [0.5, 0.6) is 0 Å². The molecule has 2 heteroatoms. The fourth-order valence-electron chi connectivity index (χ4n) is 1.98. The molecular weight excluding hydrogens is 183 g/mol. The first-order valence-corrected chi connectivity index (χ1v) is 6.87. The summed E-state index contributed by atoms with van der Waals surface area (Å²) in [6.45, 7) is 5.05. The van der Waals surface area contributed by atoms with Crippen LogP contribution in [0.2, 0.25) is 12.6 Å². The van der Waals surface area contributed by atoms with Gasteiger partial charge in [0.1, 0.15) is 0 Å². The van der Waals surface area contributed by atoms with Gasteiger partial charge in [0.15, 0.2) is 0 Å². The highest BCUT2D eigenvalue weighted by Crippen LogP contribution is 2.13. The average Bonchev–Trinajstić information content (AvgIpc) is 2.27. The highest BCUT2D eigenvalue weighted by molar-refractivity contribution is 6.51. The molecule has 0 aromatic heterocycles. The van der Waals surface area contributed by atoms with Gasteiger partial charge in [0.25, 0.3) is 6.92 Å². The Morgan fingerprint density at radius 3 is 1.53 bits per heavy atom. The molecule has 0 aliphatic rings. The van der Waals surface area contributed by atoms with Crippen LogP contribution in [0, 0.1) is 0 Å². The third-order valence-electron chi connectivity index (χ3n) is 3.09. The smallest absolute Gasteiger partial charge is 0.292 e. The molecule has 0 spiro atoms. The highest BCUT2D eigenvalue weighted by atomic mass is 16.4.